The van der Waals surface area contributed by atoms with Crippen LogP contribution in [0.15, 0.2) is 59.4 Å². The third-order valence-corrected chi connectivity index (χ3v) is 7.34. The maximum absolute atomic E-state index is 13.1. The van der Waals surface area contributed by atoms with Crippen LogP contribution in [0.4, 0.5) is 10.3 Å². The number of nitrogens with zero attached hydrogens (tertiary/aromatic N) is 5. The Morgan fingerprint density at radius 1 is 0.806 bits per heavy atom. The molecule has 2 fully saturated rings. The van der Waals surface area contributed by atoms with E-state index in [1.807, 2.05) is 30.3 Å². The summed E-state index contributed by atoms with van der Waals surface area (Å²) in [6.07, 6.45) is 0. The van der Waals surface area contributed by atoms with E-state index in [9.17, 15) is 9.18 Å². The lowest BCUT2D eigenvalue weighted by molar-refractivity contribution is 0.121. The van der Waals surface area contributed by atoms with Crippen molar-refractivity contribution in [3.8, 4) is 0 Å². The minimum Gasteiger partial charge on any atom is -0.340 e. The summed E-state index contributed by atoms with van der Waals surface area (Å²) in [6.45, 7) is 9.36. The minimum absolute atomic E-state index is 0.108. The number of anilines is 1. The highest BCUT2D eigenvalue weighted by Gasteiger charge is 2.21. The van der Waals surface area contributed by atoms with Gasteiger partial charge in [0.15, 0.2) is 0 Å². The normalized spacial score (nSPS) is 18.0. The number of piperazine rings is 2. The monoisotopic (exact) mass is 510 g/mol. The summed E-state index contributed by atoms with van der Waals surface area (Å²) in [4.78, 5) is 29.4. The molecule has 2 aliphatic rings. The molecule has 9 heteroatoms. The Morgan fingerprint density at radius 3 is 2.11 bits per heavy atom. The molecule has 0 atom stereocenters. The van der Waals surface area contributed by atoms with E-state index in [0.29, 0.717) is 12.5 Å². The Balaban J connectivity index is 1.13. The van der Waals surface area contributed by atoms with Crippen molar-refractivity contribution >= 4 is 17.5 Å². The summed E-state index contributed by atoms with van der Waals surface area (Å²) in [6, 6.07) is 16.3. The molecular weight excluding hydrogens is 479 g/mol. The molecule has 2 aliphatic heterocycles. The quantitative estimate of drug-likeness (QED) is 0.527. The van der Waals surface area contributed by atoms with Gasteiger partial charge in [-0.3, -0.25) is 24.5 Å². The smallest absolute Gasteiger partial charge is 0.252 e. The van der Waals surface area contributed by atoms with Crippen LogP contribution in [0.1, 0.15) is 16.8 Å². The van der Waals surface area contributed by atoms with Crippen LogP contribution in [0, 0.1) is 5.82 Å². The molecule has 0 saturated carbocycles. The first-order chi connectivity index (χ1) is 17.5. The van der Waals surface area contributed by atoms with Crippen molar-refractivity contribution in [3.63, 3.8) is 0 Å². The van der Waals surface area contributed by atoms with Gasteiger partial charge in [-0.05, 0) is 29.3 Å². The van der Waals surface area contributed by atoms with Gasteiger partial charge in [-0.15, -0.1) is 0 Å². The van der Waals surface area contributed by atoms with Crippen LogP contribution < -0.4 is 10.5 Å². The first-order valence-corrected chi connectivity index (χ1v) is 12.9. The second kappa shape index (κ2) is 11.5. The molecule has 1 N–H and O–H groups in total. The Bertz CT molecular complexity index is 1200. The van der Waals surface area contributed by atoms with Crippen molar-refractivity contribution in [1.82, 2.24) is 24.7 Å². The van der Waals surface area contributed by atoms with Crippen molar-refractivity contribution in [2.75, 3.05) is 57.3 Å². The third-order valence-electron chi connectivity index (χ3n) is 6.98. The van der Waals surface area contributed by atoms with Crippen LogP contribution in [-0.4, -0.2) is 77.0 Å². The van der Waals surface area contributed by atoms with Gasteiger partial charge in [0.05, 0.1) is 5.69 Å². The first-order valence-electron chi connectivity index (χ1n) is 12.5. The number of aromatic amines is 1. The van der Waals surface area contributed by atoms with Crippen LogP contribution in [0.25, 0.3) is 0 Å². The van der Waals surface area contributed by atoms with E-state index in [1.165, 1.54) is 12.1 Å². The topological polar surface area (TPSA) is 58.7 Å². The van der Waals surface area contributed by atoms with Crippen molar-refractivity contribution in [3.05, 3.63) is 92.6 Å². The fraction of sp³-hybridized carbons (Fsp3) is 0.407. The highest BCUT2D eigenvalue weighted by Crippen LogP contribution is 2.19. The Morgan fingerprint density at radius 2 is 1.42 bits per heavy atom. The molecule has 2 saturated heterocycles. The number of H-pyrrole nitrogens is 1. The largest absolute Gasteiger partial charge is 0.340 e. The van der Waals surface area contributed by atoms with Crippen LogP contribution in [0.3, 0.4) is 0 Å². The fourth-order valence-electron chi connectivity index (χ4n) is 4.89. The molecule has 7 nitrogen and oxygen atoms in total. The van der Waals surface area contributed by atoms with E-state index in [1.54, 1.807) is 6.07 Å². The number of nitrogens with one attached hydrogen (secondary N) is 1. The molecule has 5 rings (SSSR count). The molecule has 0 amide bonds. The van der Waals surface area contributed by atoms with Gasteiger partial charge in [0.1, 0.15) is 5.82 Å². The molecule has 1 aromatic heterocycles. The van der Waals surface area contributed by atoms with Crippen molar-refractivity contribution < 1.29 is 4.39 Å². The van der Waals surface area contributed by atoms with Gasteiger partial charge >= 0.3 is 0 Å². The van der Waals surface area contributed by atoms with Gasteiger partial charge < -0.3 is 4.90 Å². The van der Waals surface area contributed by atoms with Crippen LogP contribution >= 0.6 is 11.6 Å². The van der Waals surface area contributed by atoms with Gasteiger partial charge in [0, 0.05) is 83.1 Å². The molecular formula is C27H32ClFN6O. The van der Waals surface area contributed by atoms with Gasteiger partial charge in [0.2, 0.25) is 5.95 Å². The lowest BCUT2D eigenvalue weighted by atomic mass is 10.2. The zero-order valence-electron chi connectivity index (χ0n) is 20.4. The summed E-state index contributed by atoms with van der Waals surface area (Å²) < 4.78 is 13.1. The summed E-state index contributed by atoms with van der Waals surface area (Å²) in [5.74, 6) is 0.456. The van der Waals surface area contributed by atoms with Crippen molar-refractivity contribution in [1.29, 1.82) is 0 Å². The van der Waals surface area contributed by atoms with Crippen molar-refractivity contribution in [2.24, 2.45) is 0 Å². The maximum Gasteiger partial charge on any atom is 0.252 e. The molecule has 0 unspecified atom stereocenters. The summed E-state index contributed by atoms with van der Waals surface area (Å²) >= 11 is 6.33. The summed E-state index contributed by atoms with van der Waals surface area (Å²) in [7, 11) is 0. The molecule has 190 valence electrons. The fourth-order valence-corrected chi connectivity index (χ4v) is 5.09. The standard InChI is InChI=1S/C27H32ClFN6O/c28-25-4-2-1-3-22(25)19-33-13-15-35(16-14-33)27-30-24(17-26(36)31-27)20-34-11-9-32(10-12-34)18-21-5-7-23(29)8-6-21/h1-8,17H,9-16,18-20H2,(H,30,31,36). The molecule has 36 heavy (non-hydrogen) atoms. The average molecular weight is 511 g/mol. The molecule has 0 bridgehead atoms. The number of halogens is 2. The third kappa shape index (κ3) is 6.50. The molecule has 0 spiro atoms. The van der Waals surface area contributed by atoms with E-state index in [4.69, 9.17) is 16.6 Å². The van der Waals surface area contributed by atoms with Gasteiger partial charge in [-0.1, -0.05) is 41.9 Å². The van der Waals surface area contributed by atoms with E-state index < -0.39 is 0 Å². The highest BCUT2D eigenvalue weighted by molar-refractivity contribution is 6.31. The Labute approximate surface area is 216 Å². The van der Waals surface area contributed by atoms with Crippen LogP contribution in [-0.2, 0) is 19.6 Å². The van der Waals surface area contributed by atoms with Gasteiger partial charge in [-0.2, -0.15) is 0 Å². The second-order valence-electron chi connectivity index (χ2n) is 9.59. The molecule has 2 aromatic carbocycles. The maximum atomic E-state index is 13.1. The molecule has 3 aromatic rings. The van der Waals surface area contributed by atoms with Gasteiger partial charge in [-0.25, -0.2) is 9.37 Å². The number of aromatic nitrogens is 2. The van der Waals surface area contributed by atoms with Crippen LogP contribution in [0.5, 0.6) is 0 Å². The number of hydrogen-bond acceptors (Lipinski definition) is 6. The molecule has 0 radical (unpaired) electrons. The average Bonchev–Trinajstić information content (AvgIpc) is 2.88. The summed E-state index contributed by atoms with van der Waals surface area (Å²) in [5.41, 5.74) is 2.96. The van der Waals surface area contributed by atoms with Gasteiger partial charge in [0.25, 0.3) is 5.56 Å². The first kappa shape index (κ1) is 24.9. The second-order valence-corrected chi connectivity index (χ2v) is 10.0. The zero-order chi connectivity index (χ0) is 24.9. The molecule has 0 aliphatic carbocycles. The lowest BCUT2D eigenvalue weighted by Crippen LogP contribution is -2.47. The Hall–Kier alpha value is -2.78. The van der Waals surface area contributed by atoms with E-state index in [0.717, 1.165) is 87.3 Å². The Kier molecular flexibility index (Phi) is 7.96. The number of hydrogen-bond donors (Lipinski definition) is 1. The predicted octanol–water partition coefficient (Wildman–Crippen LogP) is 3.20. The highest BCUT2D eigenvalue weighted by atomic mass is 35.5. The lowest BCUT2D eigenvalue weighted by Gasteiger charge is -2.36. The van der Waals surface area contributed by atoms with E-state index in [-0.39, 0.29) is 11.4 Å². The van der Waals surface area contributed by atoms with E-state index >= 15 is 0 Å². The molecule has 3 heterocycles. The summed E-state index contributed by atoms with van der Waals surface area (Å²) in [5, 5.41) is 0.801. The van der Waals surface area contributed by atoms with Crippen LogP contribution in [0.2, 0.25) is 5.02 Å². The number of rotatable bonds is 7. The zero-order valence-corrected chi connectivity index (χ0v) is 21.1. The van der Waals surface area contributed by atoms with Crippen molar-refractivity contribution in [2.45, 2.75) is 19.6 Å². The number of benzene rings is 2. The predicted molar refractivity (Wildman–Crippen MR) is 141 cm³/mol. The SMILES string of the molecule is O=c1cc(CN2CCN(Cc3ccc(F)cc3)CC2)nc(N2CCN(Cc3ccccc3Cl)CC2)[nH]1. The van der Waals surface area contributed by atoms with E-state index in [2.05, 4.69) is 30.6 Å². The minimum atomic E-state index is -0.202.